The van der Waals surface area contributed by atoms with Gasteiger partial charge < -0.3 is 15.2 Å². The van der Waals surface area contributed by atoms with Crippen molar-refractivity contribution in [1.82, 2.24) is 5.32 Å². The van der Waals surface area contributed by atoms with Crippen LogP contribution in [0.4, 0.5) is 9.59 Å². The Balaban J connectivity index is 2.85. The second kappa shape index (κ2) is 7.51. The molecular formula is C17H33N2O4+. The summed E-state index contributed by atoms with van der Waals surface area (Å²) in [5.41, 5.74) is -0.563. The Morgan fingerprint density at radius 3 is 2.35 bits per heavy atom. The number of ether oxygens (including phenoxy) is 1. The Labute approximate surface area is 139 Å². The summed E-state index contributed by atoms with van der Waals surface area (Å²) < 4.78 is 5.36. The standard InChI is InChI=1S/C17H32N2O4/c1-12(2)10-14(18-15(20)23-17(4,5)6)11-19(16(21)22)9-7-8-13(19)3/h12-14H,7-11H2,1-6H3,(H-,18,20,21,22)/p+1/t13-,14+,19?/m1/s1. The molecule has 2 amide bonds. The number of nitrogens with zero attached hydrogens (tertiary/aromatic N) is 1. The van der Waals surface area contributed by atoms with Gasteiger partial charge in [0.1, 0.15) is 12.1 Å². The SMILES string of the molecule is CC(C)C[C@@H](C[N+]1(C(=O)O)CCC[C@H]1C)NC(=O)OC(C)(C)C. The number of nitrogens with one attached hydrogen (secondary N) is 1. The first-order chi connectivity index (χ1) is 10.5. The van der Waals surface area contributed by atoms with Crippen LogP contribution in [0.5, 0.6) is 0 Å². The summed E-state index contributed by atoms with van der Waals surface area (Å²) in [4.78, 5) is 24.0. The molecule has 134 valence electrons. The Hall–Kier alpha value is -1.30. The van der Waals surface area contributed by atoms with Gasteiger partial charge in [-0.1, -0.05) is 13.8 Å². The van der Waals surface area contributed by atoms with Crippen molar-refractivity contribution in [2.45, 2.75) is 78.5 Å². The lowest BCUT2D eigenvalue weighted by molar-refractivity contribution is -0.868. The monoisotopic (exact) mass is 329 g/mol. The van der Waals surface area contributed by atoms with Crippen LogP contribution in [0.2, 0.25) is 0 Å². The van der Waals surface area contributed by atoms with Crippen LogP contribution in [0.15, 0.2) is 0 Å². The highest BCUT2D eigenvalue weighted by atomic mass is 16.6. The van der Waals surface area contributed by atoms with Crippen molar-refractivity contribution in [1.29, 1.82) is 0 Å². The maximum absolute atomic E-state index is 12.1. The Kier molecular flexibility index (Phi) is 6.45. The van der Waals surface area contributed by atoms with Gasteiger partial charge in [-0.3, -0.25) is 0 Å². The van der Waals surface area contributed by atoms with E-state index in [2.05, 4.69) is 19.2 Å². The fourth-order valence-electron chi connectivity index (χ4n) is 3.39. The van der Waals surface area contributed by atoms with Gasteiger partial charge in [-0.25, -0.2) is 9.28 Å². The molecule has 0 aliphatic carbocycles. The number of rotatable bonds is 5. The fourth-order valence-corrected chi connectivity index (χ4v) is 3.39. The van der Waals surface area contributed by atoms with Crippen molar-refractivity contribution in [2.24, 2.45) is 5.92 Å². The van der Waals surface area contributed by atoms with Gasteiger partial charge in [0.05, 0.1) is 18.6 Å². The van der Waals surface area contributed by atoms with Crippen LogP contribution in [-0.4, -0.2) is 52.6 Å². The molecule has 1 fully saturated rings. The minimum Gasteiger partial charge on any atom is -0.444 e. The highest BCUT2D eigenvalue weighted by Crippen LogP contribution is 2.28. The van der Waals surface area contributed by atoms with Crippen LogP contribution in [-0.2, 0) is 4.74 Å². The zero-order chi connectivity index (χ0) is 17.8. The molecule has 0 aromatic heterocycles. The fraction of sp³-hybridized carbons (Fsp3) is 0.882. The maximum atomic E-state index is 12.1. The van der Waals surface area contributed by atoms with Crippen molar-refractivity contribution >= 4 is 12.2 Å². The molecule has 23 heavy (non-hydrogen) atoms. The molecule has 1 rings (SSSR count). The van der Waals surface area contributed by atoms with Gasteiger partial charge in [-0.05, 0) is 40.0 Å². The number of carboxylic acid groups (broad SMARTS) is 1. The maximum Gasteiger partial charge on any atom is 0.513 e. The quantitative estimate of drug-likeness (QED) is 0.756. The number of quaternary nitrogens is 1. The molecule has 0 spiro atoms. The van der Waals surface area contributed by atoms with Gasteiger partial charge in [0.25, 0.3) is 0 Å². The van der Waals surface area contributed by atoms with Crippen molar-refractivity contribution in [2.75, 3.05) is 13.1 Å². The number of carbonyl (C=O) groups excluding carboxylic acids is 1. The molecule has 6 nitrogen and oxygen atoms in total. The van der Waals surface area contributed by atoms with Crippen molar-refractivity contribution in [3.8, 4) is 0 Å². The normalized spacial score (nSPS) is 26.1. The molecule has 1 aliphatic heterocycles. The average Bonchev–Trinajstić information content (AvgIpc) is 2.68. The van der Waals surface area contributed by atoms with Crippen LogP contribution >= 0.6 is 0 Å². The molecule has 3 atom stereocenters. The number of hydrogen-bond donors (Lipinski definition) is 2. The first-order valence-electron chi connectivity index (χ1n) is 8.56. The third-order valence-corrected chi connectivity index (χ3v) is 4.43. The minimum atomic E-state index is -0.797. The van der Waals surface area contributed by atoms with Crippen LogP contribution in [0.25, 0.3) is 0 Å². The molecule has 2 N–H and O–H groups in total. The van der Waals surface area contributed by atoms with E-state index in [1.807, 2.05) is 27.7 Å². The highest BCUT2D eigenvalue weighted by molar-refractivity contribution is 5.68. The Morgan fingerprint density at radius 2 is 1.96 bits per heavy atom. The zero-order valence-corrected chi connectivity index (χ0v) is 15.4. The molecule has 0 aromatic carbocycles. The van der Waals surface area contributed by atoms with Gasteiger partial charge >= 0.3 is 12.2 Å². The van der Waals surface area contributed by atoms with E-state index in [9.17, 15) is 14.7 Å². The molecule has 1 aliphatic rings. The molecule has 1 heterocycles. The van der Waals surface area contributed by atoms with Crippen LogP contribution < -0.4 is 5.32 Å². The summed E-state index contributed by atoms with van der Waals surface area (Å²) in [6.07, 6.45) is 1.29. The molecule has 0 bridgehead atoms. The van der Waals surface area contributed by atoms with E-state index in [0.717, 1.165) is 19.3 Å². The third-order valence-electron chi connectivity index (χ3n) is 4.43. The first kappa shape index (κ1) is 19.7. The average molecular weight is 329 g/mol. The molecule has 6 heteroatoms. The lowest BCUT2D eigenvalue weighted by atomic mass is 10.0. The molecule has 0 radical (unpaired) electrons. The summed E-state index contributed by atoms with van der Waals surface area (Å²) in [5, 5.41) is 12.7. The summed E-state index contributed by atoms with van der Waals surface area (Å²) >= 11 is 0. The molecule has 0 saturated carbocycles. The van der Waals surface area contributed by atoms with Crippen LogP contribution in [0.1, 0.15) is 60.8 Å². The van der Waals surface area contributed by atoms with E-state index in [4.69, 9.17) is 4.74 Å². The van der Waals surface area contributed by atoms with E-state index in [0.29, 0.717) is 19.0 Å². The van der Waals surface area contributed by atoms with E-state index < -0.39 is 17.8 Å². The lowest BCUT2D eigenvalue weighted by Crippen LogP contribution is -2.60. The Morgan fingerprint density at radius 1 is 1.35 bits per heavy atom. The molecule has 1 unspecified atom stereocenters. The van der Waals surface area contributed by atoms with E-state index in [-0.39, 0.29) is 16.6 Å². The largest absolute Gasteiger partial charge is 0.513 e. The van der Waals surface area contributed by atoms with E-state index >= 15 is 0 Å². The van der Waals surface area contributed by atoms with Gasteiger partial charge in [0.2, 0.25) is 0 Å². The first-order valence-corrected chi connectivity index (χ1v) is 8.56. The van der Waals surface area contributed by atoms with E-state index in [1.54, 1.807) is 0 Å². The number of likely N-dealkylation sites (tertiary alicyclic amines) is 1. The Bertz CT molecular complexity index is 431. The molecule has 0 aromatic rings. The van der Waals surface area contributed by atoms with Gasteiger partial charge in [-0.15, -0.1) is 0 Å². The summed E-state index contributed by atoms with van der Waals surface area (Å²) in [5.74, 6) is 0.363. The van der Waals surface area contributed by atoms with Gasteiger partial charge in [0.15, 0.2) is 0 Å². The smallest absolute Gasteiger partial charge is 0.444 e. The van der Waals surface area contributed by atoms with Gasteiger partial charge in [-0.2, -0.15) is 4.79 Å². The molecular weight excluding hydrogens is 296 g/mol. The van der Waals surface area contributed by atoms with Gasteiger partial charge in [0, 0.05) is 12.8 Å². The van der Waals surface area contributed by atoms with Crippen molar-refractivity contribution in [3.05, 3.63) is 0 Å². The van der Waals surface area contributed by atoms with Crippen molar-refractivity contribution < 1.29 is 23.9 Å². The summed E-state index contributed by atoms with van der Waals surface area (Å²) in [7, 11) is 0. The summed E-state index contributed by atoms with van der Waals surface area (Å²) in [6, 6.07) is -0.135. The lowest BCUT2D eigenvalue weighted by Gasteiger charge is -2.36. The summed E-state index contributed by atoms with van der Waals surface area (Å²) in [6.45, 7) is 12.6. The number of amides is 2. The molecule has 1 saturated heterocycles. The number of hydrogen-bond acceptors (Lipinski definition) is 3. The third kappa shape index (κ3) is 5.68. The van der Waals surface area contributed by atoms with Crippen LogP contribution in [0.3, 0.4) is 0 Å². The number of alkyl carbamates (subject to hydrolysis) is 1. The predicted octanol–water partition coefficient (Wildman–Crippen LogP) is 3.60. The topological polar surface area (TPSA) is 75.6 Å². The highest BCUT2D eigenvalue weighted by Gasteiger charge is 2.48. The second-order valence-corrected chi connectivity index (χ2v) is 8.19. The predicted molar refractivity (Wildman–Crippen MR) is 89.3 cm³/mol. The van der Waals surface area contributed by atoms with Crippen molar-refractivity contribution in [3.63, 3.8) is 0 Å². The zero-order valence-electron chi connectivity index (χ0n) is 15.4. The minimum absolute atomic E-state index is 0.0349. The second-order valence-electron chi connectivity index (χ2n) is 8.19. The van der Waals surface area contributed by atoms with Crippen LogP contribution in [0, 0.1) is 5.92 Å². The van der Waals surface area contributed by atoms with E-state index in [1.165, 1.54) is 0 Å². The number of carbonyl (C=O) groups is 2.